The summed E-state index contributed by atoms with van der Waals surface area (Å²) >= 11 is 0. The van der Waals surface area contributed by atoms with Gasteiger partial charge in [-0.25, -0.2) is 4.68 Å². The van der Waals surface area contributed by atoms with E-state index in [4.69, 9.17) is 9.84 Å². The van der Waals surface area contributed by atoms with Crippen LogP contribution in [-0.4, -0.2) is 20.7 Å². The van der Waals surface area contributed by atoms with E-state index in [0.717, 1.165) is 39.4 Å². The number of carbonyl (C=O) groups is 1. The van der Waals surface area contributed by atoms with Gasteiger partial charge in [0.25, 0.3) is 0 Å². The van der Waals surface area contributed by atoms with Crippen molar-refractivity contribution in [1.82, 2.24) is 20.1 Å². The van der Waals surface area contributed by atoms with Crippen LogP contribution in [0.15, 0.2) is 73.1 Å². The Hall–Kier alpha value is -3.93. The zero-order chi connectivity index (χ0) is 23.2. The Balaban J connectivity index is 1.58. The highest BCUT2D eigenvalue weighted by Gasteiger charge is 2.20. The van der Waals surface area contributed by atoms with Gasteiger partial charge in [-0.3, -0.25) is 9.78 Å². The molecule has 0 bridgehead atoms. The zero-order valence-electron chi connectivity index (χ0n) is 19.2. The van der Waals surface area contributed by atoms with Crippen molar-refractivity contribution in [2.24, 2.45) is 0 Å². The highest BCUT2D eigenvalue weighted by atomic mass is 16.5. The van der Waals surface area contributed by atoms with Crippen molar-refractivity contribution >= 4 is 5.91 Å². The van der Waals surface area contributed by atoms with Crippen LogP contribution >= 0.6 is 0 Å². The van der Waals surface area contributed by atoms with Gasteiger partial charge in [-0.05, 0) is 74.2 Å². The number of carbonyl (C=O) groups excluding carboxylic acids is 1. The molecule has 0 aliphatic heterocycles. The number of para-hydroxylation sites is 1. The second-order valence-corrected chi connectivity index (χ2v) is 8.12. The molecular formula is C27H28N4O2. The number of hydrogen-bond donors (Lipinski definition) is 1. The van der Waals surface area contributed by atoms with Crippen LogP contribution in [0.2, 0.25) is 0 Å². The molecule has 1 amide bonds. The largest absolute Gasteiger partial charge is 0.438 e. The lowest BCUT2D eigenvalue weighted by molar-refractivity contribution is -0.121. The quantitative estimate of drug-likeness (QED) is 0.407. The summed E-state index contributed by atoms with van der Waals surface area (Å²) in [5.41, 5.74) is 5.90. The molecule has 4 aromatic rings. The molecule has 0 fully saturated rings. The number of nitrogens with zero attached hydrogens (tertiary/aromatic N) is 3. The van der Waals surface area contributed by atoms with Gasteiger partial charge >= 0.3 is 0 Å². The molecule has 2 aromatic carbocycles. The predicted molar refractivity (Wildman–Crippen MR) is 129 cm³/mol. The first-order valence-corrected chi connectivity index (χ1v) is 11.1. The van der Waals surface area contributed by atoms with E-state index in [9.17, 15) is 4.79 Å². The average molecular weight is 441 g/mol. The van der Waals surface area contributed by atoms with Crippen LogP contribution in [0.5, 0.6) is 11.6 Å². The van der Waals surface area contributed by atoms with Crippen molar-refractivity contribution in [3.63, 3.8) is 0 Å². The molecule has 0 saturated carbocycles. The van der Waals surface area contributed by atoms with E-state index in [2.05, 4.69) is 29.4 Å². The molecule has 0 saturated heterocycles. The maximum atomic E-state index is 12.6. The molecule has 6 heteroatoms. The maximum absolute atomic E-state index is 12.6. The number of ether oxygens (including phenoxy) is 1. The fraction of sp³-hybridized carbons (Fsp3) is 0.222. The summed E-state index contributed by atoms with van der Waals surface area (Å²) in [4.78, 5) is 16.6. The van der Waals surface area contributed by atoms with Gasteiger partial charge < -0.3 is 10.1 Å². The molecule has 168 valence electrons. The summed E-state index contributed by atoms with van der Waals surface area (Å²) in [7, 11) is 0. The van der Waals surface area contributed by atoms with Crippen LogP contribution < -0.4 is 10.1 Å². The van der Waals surface area contributed by atoms with Crippen molar-refractivity contribution in [3.05, 3.63) is 101 Å². The normalized spacial score (nSPS) is 10.8. The number of benzene rings is 2. The highest BCUT2D eigenvalue weighted by molar-refractivity contribution is 5.76. The van der Waals surface area contributed by atoms with E-state index in [1.807, 2.05) is 67.1 Å². The van der Waals surface area contributed by atoms with Crippen LogP contribution in [0.4, 0.5) is 0 Å². The fourth-order valence-electron chi connectivity index (χ4n) is 3.67. The standard InChI is InChI=1S/C27H28N4O2/c1-19-7-6-9-23(17-19)31-27(33-25-10-5-4-8-20(25)2)24(21(3)30-31)11-12-26(32)29-18-22-13-15-28-16-14-22/h4-10,13-17H,11-12,18H2,1-3H3,(H,29,32). The van der Waals surface area contributed by atoms with Gasteiger partial charge in [-0.2, -0.15) is 5.10 Å². The monoisotopic (exact) mass is 440 g/mol. The number of pyridine rings is 1. The van der Waals surface area contributed by atoms with Crippen molar-refractivity contribution < 1.29 is 9.53 Å². The average Bonchev–Trinajstić information content (AvgIpc) is 3.13. The molecule has 2 heterocycles. The van der Waals surface area contributed by atoms with Gasteiger partial charge in [-0.1, -0.05) is 30.3 Å². The minimum atomic E-state index is -0.0173. The first-order chi connectivity index (χ1) is 16.0. The Kier molecular flexibility index (Phi) is 6.83. The van der Waals surface area contributed by atoms with Crippen molar-refractivity contribution in [2.75, 3.05) is 0 Å². The van der Waals surface area contributed by atoms with Gasteiger partial charge in [0, 0.05) is 30.9 Å². The third-order valence-electron chi connectivity index (χ3n) is 5.52. The first kappa shape index (κ1) is 22.3. The van der Waals surface area contributed by atoms with Crippen LogP contribution in [-0.2, 0) is 17.8 Å². The molecule has 0 radical (unpaired) electrons. The van der Waals surface area contributed by atoms with Gasteiger partial charge in [0.15, 0.2) is 0 Å². The number of amides is 1. The fourth-order valence-corrected chi connectivity index (χ4v) is 3.67. The molecule has 33 heavy (non-hydrogen) atoms. The topological polar surface area (TPSA) is 69.0 Å². The van der Waals surface area contributed by atoms with Crippen LogP contribution in [0, 0.1) is 20.8 Å². The summed E-state index contributed by atoms with van der Waals surface area (Å²) in [6.07, 6.45) is 4.32. The third-order valence-corrected chi connectivity index (χ3v) is 5.52. The minimum absolute atomic E-state index is 0.0173. The van der Waals surface area contributed by atoms with E-state index in [1.165, 1.54) is 0 Å². The number of rotatable bonds is 8. The Bertz CT molecular complexity index is 1250. The van der Waals surface area contributed by atoms with Gasteiger partial charge in [0.05, 0.1) is 11.4 Å². The summed E-state index contributed by atoms with van der Waals surface area (Å²) in [5, 5.41) is 7.75. The SMILES string of the molecule is Cc1cccc(-n2nc(C)c(CCC(=O)NCc3ccncc3)c2Oc2ccccc2C)c1. The third kappa shape index (κ3) is 5.47. The van der Waals surface area contributed by atoms with Gasteiger partial charge in [0.2, 0.25) is 11.8 Å². The number of aryl methyl sites for hydroxylation is 3. The molecule has 0 unspecified atom stereocenters. The molecule has 4 rings (SSSR count). The van der Waals surface area contributed by atoms with Crippen LogP contribution in [0.1, 0.15) is 34.4 Å². The summed E-state index contributed by atoms with van der Waals surface area (Å²) in [5.74, 6) is 1.40. The Morgan fingerprint density at radius 2 is 1.79 bits per heavy atom. The van der Waals surface area contributed by atoms with Crippen molar-refractivity contribution in [1.29, 1.82) is 0 Å². The van der Waals surface area contributed by atoms with Crippen molar-refractivity contribution in [3.8, 4) is 17.3 Å². The number of nitrogens with one attached hydrogen (secondary N) is 1. The first-order valence-electron chi connectivity index (χ1n) is 11.1. The van der Waals surface area contributed by atoms with E-state index < -0.39 is 0 Å². The Labute approximate surface area is 194 Å². The Morgan fingerprint density at radius 1 is 1.00 bits per heavy atom. The molecule has 0 atom stereocenters. The molecule has 0 spiro atoms. The summed E-state index contributed by atoms with van der Waals surface area (Å²) in [6, 6.07) is 19.8. The summed E-state index contributed by atoms with van der Waals surface area (Å²) < 4.78 is 8.24. The molecule has 1 N–H and O–H groups in total. The van der Waals surface area contributed by atoms with Gasteiger partial charge in [-0.15, -0.1) is 0 Å². The molecule has 0 aliphatic rings. The second kappa shape index (κ2) is 10.1. The lowest BCUT2D eigenvalue weighted by Crippen LogP contribution is -2.23. The molecule has 2 aromatic heterocycles. The smallest absolute Gasteiger partial charge is 0.226 e. The predicted octanol–water partition coefficient (Wildman–Crippen LogP) is 5.23. The van der Waals surface area contributed by atoms with E-state index in [1.54, 1.807) is 12.4 Å². The van der Waals surface area contributed by atoms with E-state index in [-0.39, 0.29) is 5.91 Å². The lowest BCUT2D eigenvalue weighted by Gasteiger charge is -2.13. The second-order valence-electron chi connectivity index (χ2n) is 8.12. The van der Waals surface area contributed by atoms with E-state index >= 15 is 0 Å². The van der Waals surface area contributed by atoms with Crippen molar-refractivity contribution in [2.45, 2.75) is 40.2 Å². The van der Waals surface area contributed by atoms with Gasteiger partial charge in [0.1, 0.15) is 5.75 Å². The number of aromatic nitrogens is 3. The number of hydrogen-bond acceptors (Lipinski definition) is 4. The van der Waals surface area contributed by atoms with Crippen LogP contribution in [0.25, 0.3) is 5.69 Å². The molecular weight excluding hydrogens is 412 g/mol. The maximum Gasteiger partial charge on any atom is 0.226 e. The zero-order valence-corrected chi connectivity index (χ0v) is 19.2. The minimum Gasteiger partial charge on any atom is -0.438 e. The highest BCUT2D eigenvalue weighted by Crippen LogP contribution is 2.33. The molecule has 0 aliphatic carbocycles. The summed E-state index contributed by atoms with van der Waals surface area (Å²) in [6.45, 7) is 6.51. The molecule has 6 nitrogen and oxygen atoms in total. The van der Waals surface area contributed by atoms with Crippen LogP contribution in [0.3, 0.4) is 0 Å². The Morgan fingerprint density at radius 3 is 2.55 bits per heavy atom. The lowest BCUT2D eigenvalue weighted by atomic mass is 10.1. The van der Waals surface area contributed by atoms with E-state index in [0.29, 0.717) is 25.3 Å².